The number of para-hydroxylation sites is 2. The number of rotatable bonds is 6. The zero-order chi connectivity index (χ0) is 30.0. The molecule has 2 atom stereocenters. The minimum atomic E-state index is -5.08. The molecule has 4 rings (SSSR count). The number of carbonyl (C=O) groups excluding carboxylic acids is 2. The average Bonchev–Trinajstić information content (AvgIpc) is 3.37. The maximum absolute atomic E-state index is 14.8. The summed E-state index contributed by atoms with van der Waals surface area (Å²) in [5.74, 6) is -9.31. The highest BCUT2D eigenvalue weighted by Gasteiger charge is 2.40. The van der Waals surface area contributed by atoms with Crippen LogP contribution in [0.25, 0.3) is 11.0 Å². The Morgan fingerprint density at radius 1 is 1.15 bits per heavy atom. The molecule has 0 spiro atoms. The first-order valence-corrected chi connectivity index (χ1v) is 12.7. The molecule has 2 amide bonds. The van der Waals surface area contributed by atoms with E-state index in [1.807, 2.05) is 4.72 Å². The number of alkyl halides is 5. The second-order valence-corrected chi connectivity index (χ2v) is 10.5. The Bertz CT molecular complexity index is 1520. The molecule has 2 heterocycles. The first-order valence-electron chi connectivity index (χ1n) is 11.1. The van der Waals surface area contributed by atoms with Gasteiger partial charge in [0.15, 0.2) is 0 Å². The summed E-state index contributed by atoms with van der Waals surface area (Å²) in [5, 5.41) is 8.00. The number of hydrogen-bond acceptors (Lipinski definition) is 6. The van der Waals surface area contributed by atoms with Gasteiger partial charge in [0, 0.05) is 12.5 Å². The van der Waals surface area contributed by atoms with E-state index in [9.17, 15) is 44.3 Å². The second-order valence-electron chi connectivity index (χ2n) is 8.68. The summed E-state index contributed by atoms with van der Waals surface area (Å²) in [6, 6.07) is 9.59. The molecule has 1 aliphatic heterocycles. The molecule has 2 aromatic carbocycles. The summed E-state index contributed by atoms with van der Waals surface area (Å²) in [6.07, 6.45) is -5.59. The number of carbonyl (C=O) groups is 3. The lowest BCUT2D eigenvalue weighted by Crippen LogP contribution is -2.41. The summed E-state index contributed by atoms with van der Waals surface area (Å²) in [4.78, 5) is 39.6. The van der Waals surface area contributed by atoms with Crippen LogP contribution in [0, 0.1) is 5.82 Å². The fraction of sp³-hybridized carbons (Fsp3) is 0.304. The molecule has 1 saturated heterocycles. The molecule has 4 N–H and O–H groups in total. The van der Waals surface area contributed by atoms with E-state index >= 15 is 0 Å². The smallest absolute Gasteiger partial charge is 0.475 e. The van der Waals surface area contributed by atoms with Gasteiger partial charge in [0.25, 0.3) is 5.91 Å². The number of hydrogen-bond donors (Lipinski definition) is 4. The van der Waals surface area contributed by atoms with Crippen LogP contribution < -0.4 is 10.0 Å². The summed E-state index contributed by atoms with van der Waals surface area (Å²) in [7, 11) is -4.03. The average molecular weight is 594 g/mol. The molecule has 0 bridgehead atoms. The van der Waals surface area contributed by atoms with Crippen molar-refractivity contribution in [3.8, 4) is 0 Å². The third-order valence-corrected chi connectivity index (χ3v) is 7.22. The van der Waals surface area contributed by atoms with Crippen LogP contribution in [-0.4, -0.2) is 53.4 Å². The van der Waals surface area contributed by atoms with E-state index < -0.39 is 63.4 Å². The van der Waals surface area contributed by atoms with Crippen molar-refractivity contribution >= 4 is 38.8 Å². The van der Waals surface area contributed by atoms with E-state index in [0.29, 0.717) is 23.5 Å². The van der Waals surface area contributed by atoms with Gasteiger partial charge >= 0.3 is 18.1 Å². The number of fused-ring (bicyclic) bond motifs is 1. The lowest BCUT2D eigenvalue weighted by Gasteiger charge is -2.20. The van der Waals surface area contributed by atoms with E-state index in [-0.39, 0.29) is 17.8 Å². The van der Waals surface area contributed by atoms with Crippen LogP contribution in [-0.2, 0) is 30.8 Å². The Kier molecular flexibility index (Phi) is 8.47. The predicted molar refractivity (Wildman–Crippen MR) is 126 cm³/mol. The van der Waals surface area contributed by atoms with Gasteiger partial charge < -0.3 is 15.4 Å². The maximum Gasteiger partial charge on any atom is 0.490 e. The Morgan fingerprint density at radius 3 is 2.27 bits per heavy atom. The molecule has 216 valence electrons. The van der Waals surface area contributed by atoms with E-state index in [2.05, 4.69) is 15.3 Å². The zero-order valence-corrected chi connectivity index (χ0v) is 21.0. The standard InChI is InChI=1S/C21H19F3N4O4S.C2HF3O2/c1-21(23,24)20(30)27-16(19-25-14-4-2-3-5-15(14)26-19)9-11-6-7-12(13(22)8-11)17-10-18(29)28-33(17,31)32;3-2(4,5)1(6)7/h2-8,16-17H,9-10H2,1H3,(H,25,26)(H,27,30)(H,28,29);(H,6,7)/t16-,17?;/m0./s1. The zero-order valence-electron chi connectivity index (χ0n) is 20.2. The molecule has 1 aliphatic rings. The molecule has 1 unspecified atom stereocenters. The van der Waals surface area contributed by atoms with Gasteiger partial charge in [-0.05, 0) is 30.2 Å². The van der Waals surface area contributed by atoms with Crippen molar-refractivity contribution in [1.82, 2.24) is 20.0 Å². The number of benzene rings is 2. The third-order valence-electron chi connectivity index (χ3n) is 5.54. The van der Waals surface area contributed by atoms with Crippen LogP contribution >= 0.6 is 0 Å². The highest BCUT2D eigenvalue weighted by Crippen LogP contribution is 2.33. The Balaban J connectivity index is 0.000000559. The SMILES string of the molecule is CC(F)(F)C(=O)N[C@@H](Cc1ccc(C2CC(=O)NS2(=O)=O)c(F)c1)c1nc2ccccc2[nH]1.O=C(O)C(F)(F)F. The van der Waals surface area contributed by atoms with Crippen LogP contribution in [0.4, 0.5) is 26.3 Å². The van der Waals surface area contributed by atoms with Crippen molar-refractivity contribution in [3.63, 3.8) is 0 Å². The fourth-order valence-electron chi connectivity index (χ4n) is 3.66. The molecule has 17 heteroatoms. The molecule has 3 aromatic rings. The summed E-state index contributed by atoms with van der Waals surface area (Å²) in [6.45, 7) is 0.462. The van der Waals surface area contributed by atoms with Crippen molar-refractivity contribution in [2.24, 2.45) is 0 Å². The van der Waals surface area contributed by atoms with Gasteiger partial charge in [-0.15, -0.1) is 0 Å². The summed E-state index contributed by atoms with van der Waals surface area (Å²) < 4.78 is 99.5. The molecule has 10 nitrogen and oxygen atoms in total. The number of H-pyrrole nitrogens is 1. The number of amides is 2. The third kappa shape index (κ3) is 7.28. The van der Waals surface area contributed by atoms with Crippen LogP contribution in [0.5, 0.6) is 0 Å². The van der Waals surface area contributed by atoms with Crippen LogP contribution in [0.2, 0.25) is 0 Å². The topological polar surface area (TPSA) is 158 Å². The highest BCUT2D eigenvalue weighted by molar-refractivity contribution is 7.90. The molecular weight excluding hydrogens is 574 g/mol. The van der Waals surface area contributed by atoms with Crippen molar-refractivity contribution in [1.29, 1.82) is 0 Å². The Labute approximate surface area is 221 Å². The molecule has 0 aliphatic carbocycles. The maximum atomic E-state index is 14.8. The normalized spacial score (nSPS) is 17.5. The van der Waals surface area contributed by atoms with E-state index in [1.54, 1.807) is 24.3 Å². The fourth-order valence-corrected chi connectivity index (χ4v) is 5.10. The Hall–Kier alpha value is -4.15. The van der Waals surface area contributed by atoms with Gasteiger partial charge in [-0.1, -0.05) is 24.3 Å². The molecule has 0 saturated carbocycles. The van der Waals surface area contributed by atoms with Crippen molar-refractivity contribution in [2.45, 2.75) is 43.2 Å². The number of halogens is 6. The number of aliphatic carboxylic acids is 1. The number of carboxylic acid groups (broad SMARTS) is 1. The van der Waals surface area contributed by atoms with E-state index in [4.69, 9.17) is 9.90 Å². The molecule has 0 radical (unpaired) electrons. The lowest BCUT2D eigenvalue weighted by molar-refractivity contribution is -0.192. The van der Waals surface area contributed by atoms with E-state index in [0.717, 1.165) is 6.07 Å². The number of imidazole rings is 1. The molecule has 1 fully saturated rings. The first-order chi connectivity index (χ1) is 18.4. The predicted octanol–water partition coefficient (Wildman–Crippen LogP) is 3.28. The van der Waals surface area contributed by atoms with Crippen molar-refractivity contribution < 1.29 is 54.3 Å². The number of sulfonamides is 1. The van der Waals surface area contributed by atoms with Gasteiger partial charge in [0.05, 0.1) is 23.5 Å². The van der Waals surface area contributed by atoms with Crippen LogP contribution in [0.1, 0.15) is 41.6 Å². The van der Waals surface area contributed by atoms with Gasteiger partial charge in [0.1, 0.15) is 16.9 Å². The minimum Gasteiger partial charge on any atom is -0.475 e. The Morgan fingerprint density at radius 2 is 1.77 bits per heavy atom. The number of nitrogens with one attached hydrogen (secondary N) is 3. The highest BCUT2D eigenvalue weighted by atomic mass is 32.2. The summed E-state index contributed by atoms with van der Waals surface area (Å²) in [5.41, 5.74) is 1.30. The quantitative estimate of drug-likeness (QED) is 0.319. The minimum absolute atomic E-state index is 0.104. The van der Waals surface area contributed by atoms with Crippen LogP contribution in [0.15, 0.2) is 42.5 Å². The number of aromatic amines is 1. The van der Waals surface area contributed by atoms with Crippen molar-refractivity contribution in [2.75, 3.05) is 0 Å². The lowest BCUT2D eigenvalue weighted by atomic mass is 10.0. The molecule has 1 aromatic heterocycles. The summed E-state index contributed by atoms with van der Waals surface area (Å²) >= 11 is 0. The monoisotopic (exact) mass is 594 g/mol. The van der Waals surface area contributed by atoms with Crippen molar-refractivity contribution in [3.05, 3.63) is 65.2 Å². The van der Waals surface area contributed by atoms with Crippen LogP contribution in [0.3, 0.4) is 0 Å². The largest absolute Gasteiger partial charge is 0.490 e. The number of aromatic nitrogens is 2. The first kappa shape index (κ1) is 30.4. The number of nitrogens with zero attached hydrogens (tertiary/aromatic N) is 1. The second kappa shape index (κ2) is 11.1. The van der Waals surface area contributed by atoms with Gasteiger partial charge in [-0.2, -0.15) is 22.0 Å². The van der Waals surface area contributed by atoms with Gasteiger partial charge in [-0.25, -0.2) is 22.6 Å². The van der Waals surface area contributed by atoms with Gasteiger partial charge in [-0.3, -0.25) is 14.3 Å². The molecular formula is C23H20F6N4O6S. The molecule has 40 heavy (non-hydrogen) atoms. The number of carboxylic acids is 1. The van der Waals surface area contributed by atoms with Gasteiger partial charge in [0.2, 0.25) is 15.9 Å². The van der Waals surface area contributed by atoms with E-state index in [1.165, 1.54) is 12.1 Å².